The number of aryl methyl sites for hydroxylation is 1. The van der Waals surface area contributed by atoms with Crippen LogP contribution < -0.4 is 4.74 Å². The minimum Gasteiger partial charge on any atom is -0.495 e. The first-order valence-corrected chi connectivity index (χ1v) is 6.46. The minimum atomic E-state index is 1.03. The second-order valence-electron chi connectivity index (χ2n) is 3.07. The van der Waals surface area contributed by atoms with E-state index in [1.54, 1.807) is 18.4 Å². The number of hydrogen-bond acceptors (Lipinski definition) is 2. The van der Waals surface area contributed by atoms with Gasteiger partial charge in [0.15, 0.2) is 0 Å². The molecule has 0 amide bonds. The van der Waals surface area contributed by atoms with Crippen molar-refractivity contribution in [2.45, 2.75) is 13.3 Å². The SMILES string of the molecule is CCc1csc2ccc(I)c(OC)c12. The van der Waals surface area contributed by atoms with Crippen molar-refractivity contribution < 1.29 is 4.74 Å². The normalized spacial score (nSPS) is 10.8. The van der Waals surface area contributed by atoms with E-state index in [4.69, 9.17) is 4.74 Å². The lowest BCUT2D eigenvalue weighted by Gasteiger charge is -2.06. The summed E-state index contributed by atoms with van der Waals surface area (Å²) >= 11 is 4.11. The molecule has 2 aromatic rings. The summed E-state index contributed by atoms with van der Waals surface area (Å²) in [5.41, 5.74) is 1.39. The Morgan fingerprint density at radius 1 is 1.43 bits per heavy atom. The maximum atomic E-state index is 5.46. The lowest BCUT2D eigenvalue weighted by atomic mass is 10.1. The summed E-state index contributed by atoms with van der Waals surface area (Å²) in [5.74, 6) is 1.03. The van der Waals surface area contributed by atoms with Gasteiger partial charge in [-0.3, -0.25) is 0 Å². The Kier molecular flexibility index (Phi) is 2.97. The maximum absolute atomic E-state index is 5.46. The Hall–Kier alpha value is -0.290. The first-order chi connectivity index (χ1) is 6.77. The van der Waals surface area contributed by atoms with Gasteiger partial charge < -0.3 is 4.74 Å². The van der Waals surface area contributed by atoms with Crippen LogP contribution in [0, 0.1) is 3.57 Å². The molecule has 0 aliphatic rings. The molecule has 0 saturated heterocycles. The molecule has 1 heterocycles. The molecular formula is C11H11IOS. The average molecular weight is 318 g/mol. The van der Waals surface area contributed by atoms with Crippen molar-refractivity contribution in [2.75, 3.05) is 7.11 Å². The topological polar surface area (TPSA) is 9.23 Å². The van der Waals surface area contributed by atoms with Gasteiger partial charge in [0.2, 0.25) is 0 Å². The third-order valence-electron chi connectivity index (χ3n) is 2.31. The predicted octanol–water partition coefficient (Wildman–Crippen LogP) is 4.08. The van der Waals surface area contributed by atoms with Gasteiger partial charge >= 0.3 is 0 Å². The third-order valence-corrected chi connectivity index (χ3v) is 4.15. The zero-order valence-corrected chi connectivity index (χ0v) is 11.1. The van der Waals surface area contributed by atoms with Crippen LogP contribution in [0.1, 0.15) is 12.5 Å². The number of halogens is 1. The van der Waals surface area contributed by atoms with Gasteiger partial charge in [-0.2, -0.15) is 0 Å². The van der Waals surface area contributed by atoms with E-state index in [1.165, 1.54) is 19.2 Å². The fourth-order valence-corrected chi connectivity index (χ4v) is 3.31. The smallest absolute Gasteiger partial charge is 0.141 e. The van der Waals surface area contributed by atoms with Crippen LogP contribution in [0.4, 0.5) is 0 Å². The monoisotopic (exact) mass is 318 g/mol. The van der Waals surface area contributed by atoms with Crippen molar-refractivity contribution >= 4 is 44.0 Å². The Bertz CT molecular complexity index is 462. The number of fused-ring (bicyclic) bond motifs is 1. The fraction of sp³-hybridized carbons (Fsp3) is 0.273. The fourth-order valence-electron chi connectivity index (χ4n) is 1.59. The van der Waals surface area contributed by atoms with Gasteiger partial charge in [0.05, 0.1) is 10.7 Å². The Labute approximate surface area is 101 Å². The number of methoxy groups -OCH3 is 1. The second kappa shape index (κ2) is 4.06. The molecule has 0 aliphatic carbocycles. The highest BCUT2D eigenvalue weighted by Gasteiger charge is 2.10. The molecule has 0 N–H and O–H groups in total. The van der Waals surface area contributed by atoms with Crippen LogP contribution in [-0.4, -0.2) is 7.11 Å². The molecule has 0 radical (unpaired) electrons. The molecule has 0 aliphatic heterocycles. The highest BCUT2D eigenvalue weighted by molar-refractivity contribution is 14.1. The minimum absolute atomic E-state index is 1.03. The zero-order valence-electron chi connectivity index (χ0n) is 8.13. The molecule has 1 aromatic heterocycles. The quantitative estimate of drug-likeness (QED) is 0.758. The summed E-state index contributed by atoms with van der Waals surface area (Å²) in [6.07, 6.45) is 1.07. The van der Waals surface area contributed by atoms with Gasteiger partial charge in [-0.15, -0.1) is 11.3 Å². The van der Waals surface area contributed by atoms with Gasteiger partial charge in [-0.25, -0.2) is 0 Å². The maximum Gasteiger partial charge on any atom is 0.141 e. The van der Waals surface area contributed by atoms with Crippen LogP contribution in [0.15, 0.2) is 17.5 Å². The summed E-state index contributed by atoms with van der Waals surface area (Å²) < 4.78 is 7.96. The first-order valence-electron chi connectivity index (χ1n) is 4.50. The van der Waals surface area contributed by atoms with Gasteiger partial charge in [0, 0.05) is 10.1 Å². The van der Waals surface area contributed by atoms with Gasteiger partial charge in [0.1, 0.15) is 5.75 Å². The van der Waals surface area contributed by atoms with Crippen molar-refractivity contribution in [1.29, 1.82) is 0 Å². The van der Waals surface area contributed by atoms with E-state index in [0.717, 1.165) is 12.2 Å². The highest BCUT2D eigenvalue weighted by atomic mass is 127. The van der Waals surface area contributed by atoms with Crippen molar-refractivity contribution in [1.82, 2.24) is 0 Å². The molecule has 0 bridgehead atoms. The highest BCUT2D eigenvalue weighted by Crippen LogP contribution is 2.37. The summed E-state index contributed by atoms with van der Waals surface area (Å²) in [7, 11) is 1.74. The summed E-state index contributed by atoms with van der Waals surface area (Å²) in [5, 5.41) is 3.52. The molecule has 0 unspecified atom stereocenters. The van der Waals surface area contributed by atoms with E-state index in [1.807, 2.05) is 0 Å². The Morgan fingerprint density at radius 2 is 2.21 bits per heavy atom. The van der Waals surface area contributed by atoms with Crippen molar-refractivity contribution in [3.05, 3.63) is 26.6 Å². The van der Waals surface area contributed by atoms with Crippen LogP contribution in [0.25, 0.3) is 10.1 Å². The number of rotatable bonds is 2. The van der Waals surface area contributed by atoms with Crippen LogP contribution >= 0.6 is 33.9 Å². The van der Waals surface area contributed by atoms with Gasteiger partial charge in [-0.05, 0) is 52.1 Å². The standard InChI is InChI=1S/C11H11IOS/c1-3-7-6-14-9-5-4-8(12)11(13-2)10(7)9/h4-6H,3H2,1-2H3. The van der Waals surface area contributed by atoms with E-state index in [2.05, 4.69) is 47.0 Å². The van der Waals surface area contributed by atoms with Gasteiger partial charge in [0.25, 0.3) is 0 Å². The number of benzene rings is 1. The largest absolute Gasteiger partial charge is 0.495 e. The average Bonchev–Trinajstić information content (AvgIpc) is 2.61. The van der Waals surface area contributed by atoms with Crippen LogP contribution in [0.5, 0.6) is 5.75 Å². The lowest BCUT2D eigenvalue weighted by molar-refractivity contribution is 0.417. The molecule has 0 spiro atoms. The molecule has 1 nitrogen and oxygen atoms in total. The van der Waals surface area contributed by atoms with E-state index >= 15 is 0 Å². The third kappa shape index (κ3) is 1.52. The summed E-state index contributed by atoms with van der Waals surface area (Å²) in [6, 6.07) is 4.28. The summed E-state index contributed by atoms with van der Waals surface area (Å²) in [4.78, 5) is 0. The molecule has 0 atom stereocenters. The van der Waals surface area contributed by atoms with Crippen molar-refractivity contribution in [3.8, 4) is 5.75 Å². The molecule has 0 fully saturated rings. The van der Waals surface area contributed by atoms with E-state index in [0.29, 0.717) is 0 Å². The molecular weight excluding hydrogens is 307 g/mol. The van der Waals surface area contributed by atoms with Crippen LogP contribution in [-0.2, 0) is 6.42 Å². The summed E-state index contributed by atoms with van der Waals surface area (Å²) in [6.45, 7) is 2.18. The van der Waals surface area contributed by atoms with E-state index in [9.17, 15) is 0 Å². The Morgan fingerprint density at radius 3 is 2.86 bits per heavy atom. The molecule has 74 valence electrons. The lowest BCUT2D eigenvalue weighted by Crippen LogP contribution is -1.89. The molecule has 0 saturated carbocycles. The number of ether oxygens (including phenoxy) is 1. The number of hydrogen-bond donors (Lipinski definition) is 0. The zero-order chi connectivity index (χ0) is 10.1. The van der Waals surface area contributed by atoms with E-state index in [-0.39, 0.29) is 0 Å². The molecule has 2 rings (SSSR count). The molecule has 3 heteroatoms. The van der Waals surface area contributed by atoms with Crippen LogP contribution in [0.2, 0.25) is 0 Å². The van der Waals surface area contributed by atoms with E-state index < -0.39 is 0 Å². The predicted molar refractivity (Wildman–Crippen MR) is 70.5 cm³/mol. The van der Waals surface area contributed by atoms with Crippen molar-refractivity contribution in [2.24, 2.45) is 0 Å². The molecule has 14 heavy (non-hydrogen) atoms. The second-order valence-corrected chi connectivity index (χ2v) is 5.14. The first kappa shape index (κ1) is 10.2. The van der Waals surface area contributed by atoms with Gasteiger partial charge in [-0.1, -0.05) is 6.92 Å². The number of thiophene rings is 1. The van der Waals surface area contributed by atoms with Crippen LogP contribution in [0.3, 0.4) is 0 Å². The van der Waals surface area contributed by atoms with Crippen molar-refractivity contribution in [3.63, 3.8) is 0 Å². The molecule has 1 aromatic carbocycles. The Balaban J connectivity index is 2.81.